The fourth-order valence-electron chi connectivity index (χ4n) is 3.76. The Morgan fingerprint density at radius 2 is 2.10 bits per heavy atom. The first kappa shape index (κ1) is 20.2. The second-order valence-corrected chi connectivity index (χ2v) is 7.34. The van der Waals surface area contributed by atoms with E-state index in [2.05, 4.69) is 15.6 Å². The minimum absolute atomic E-state index is 0.146. The van der Waals surface area contributed by atoms with Gasteiger partial charge >= 0.3 is 0 Å². The molecule has 0 bridgehead atoms. The molecule has 2 aliphatic rings. The van der Waals surface area contributed by atoms with Crippen LogP contribution in [0, 0.1) is 0 Å². The monoisotopic (exact) mass is 413 g/mol. The number of amides is 3. The third-order valence-corrected chi connectivity index (χ3v) is 5.29. The number of aliphatic hydroxyl groups excluding tert-OH is 1. The summed E-state index contributed by atoms with van der Waals surface area (Å²) in [6, 6.07) is 4.69. The number of ether oxygens (including phenoxy) is 1. The molecule has 4 rings (SSSR count). The molecule has 1 atom stereocenters. The van der Waals surface area contributed by atoms with Gasteiger partial charge in [0, 0.05) is 37.3 Å². The van der Waals surface area contributed by atoms with Crippen LogP contribution < -0.4 is 5.32 Å². The quantitative estimate of drug-likeness (QED) is 0.471. The summed E-state index contributed by atoms with van der Waals surface area (Å²) in [5.41, 5.74) is 2.67. The molecule has 3 amide bonds. The fourth-order valence-corrected chi connectivity index (χ4v) is 3.76. The molecule has 1 aromatic heterocycles. The summed E-state index contributed by atoms with van der Waals surface area (Å²) in [5.74, 6) is -0.973. The molecule has 1 aromatic carbocycles. The van der Waals surface area contributed by atoms with Crippen molar-refractivity contribution in [2.75, 3.05) is 13.2 Å². The number of fused-ring (bicyclic) bond motifs is 1. The zero-order valence-corrected chi connectivity index (χ0v) is 16.4. The summed E-state index contributed by atoms with van der Waals surface area (Å²) in [7, 11) is 0. The van der Waals surface area contributed by atoms with E-state index < -0.39 is 11.9 Å². The first-order chi connectivity index (χ1) is 14.6. The summed E-state index contributed by atoms with van der Waals surface area (Å²) in [6.45, 7) is 1.25. The van der Waals surface area contributed by atoms with Crippen molar-refractivity contribution >= 4 is 17.7 Å². The van der Waals surface area contributed by atoms with Crippen LogP contribution in [-0.2, 0) is 27.5 Å². The molecule has 2 N–H and O–H groups in total. The number of carbonyl (C=O) groups excluding carboxylic acids is 3. The highest BCUT2D eigenvalue weighted by Gasteiger charge is 2.40. The van der Waals surface area contributed by atoms with Gasteiger partial charge in [-0.25, -0.2) is 4.68 Å². The van der Waals surface area contributed by atoms with Gasteiger partial charge in [0.15, 0.2) is 0 Å². The molecule has 0 radical (unpaired) electrons. The Hall–Kier alpha value is -3.11. The van der Waals surface area contributed by atoms with Crippen LogP contribution >= 0.6 is 0 Å². The molecule has 0 aliphatic carbocycles. The summed E-state index contributed by atoms with van der Waals surface area (Å²) >= 11 is 0. The Morgan fingerprint density at radius 3 is 2.90 bits per heavy atom. The molecule has 3 heterocycles. The average molecular weight is 413 g/mol. The smallest absolute Gasteiger partial charge is 0.255 e. The van der Waals surface area contributed by atoms with Gasteiger partial charge in [0.1, 0.15) is 11.7 Å². The fraction of sp³-hybridized carbons (Fsp3) is 0.450. The number of imide groups is 1. The highest BCUT2D eigenvalue weighted by atomic mass is 16.5. The SMILES string of the molecule is O=C1CCC(N2Cc3c(cccc3-n3cc(COCCCCO)nn3)C2=O)C(=O)N1. The standard InChI is InChI=1S/C20H23N5O5/c26-8-1-2-9-30-12-13-10-25(23-22-13)16-5-3-4-14-15(16)11-24(20(14)29)17-6-7-18(27)21-19(17)28/h3-5,10,17,26H,1-2,6-9,11-12H2,(H,21,27,28). The van der Waals surface area contributed by atoms with E-state index in [1.54, 1.807) is 23.0 Å². The van der Waals surface area contributed by atoms with E-state index in [0.717, 1.165) is 17.7 Å². The van der Waals surface area contributed by atoms with Crippen LogP contribution in [0.2, 0.25) is 0 Å². The molecule has 10 heteroatoms. The van der Waals surface area contributed by atoms with E-state index >= 15 is 0 Å². The number of hydrogen-bond acceptors (Lipinski definition) is 7. The number of nitrogens with one attached hydrogen (secondary N) is 1. The highest BCUT2D eigenvalue weighted by Crippen LogP contribution is 2.31. The van der Waals surface area contributed by atoms with E-state index in [0.29, 0.717) is 37.3 Å². The Morgan fingerprint density at radius 1 is 1.23 bits per heavy atom. The minimum atomic E-state index is -0.658. The predicted octanol–water partition coefficient (Wildman–Crippen LogP) is 0.317. The van der Waals surface area contributed by atoms with Gasteiger partial charge in [0.2, 0.25) is 11.8 Å². The summed E-state index contributed by atoms with van der Waals surface area (Å²) < 4.78 is 7.14. The normalized spacial score (nSPS) is 18.6. The molecule has 10 nitrogen and oxygen atoms in total. The molecular formula is C20H23N5O5. The number of piperidine rings is 1. The van der Waals surface area contributed by atoms with Crippen molar-refractivity contribution in [2.24, 2.45) is 0 Å². The van der Waals surface area contributed by atoms with Gasteiger partial charge in [0.25, 0.3) is 5.91 Å². The van der Waals surface area contributed by atoms with E-state index in [-0.39, 0.29) is 31.4 Å². The van der Waals surface area contributed by atoms with Crippen LogP contribution in [0.5, 0.6) is 0 Å². The summed E-state index contributed by atoms with van der Waals surface area (Å²) in [6.07, 6.45) is 3.76. The summed E-state index contributed by atoms with van der Waals surface area (Å²) in [5, 5.41) is 19.4. The molecule has 2 aromatic rings. The lowest BCUT2D eigenvalue weighted by molar-refractivity contribution is -0.136. The number of unbranched alkanes of at least 4 members (excludes halogenated alkanes) is 1. The maximum Gasteiger partial charge on any atom is 0.255 e. The predicted molar refractivity (Wildman–Crippen MR) is 103 cm³/mol. The van der Waals surface area contributed by atoms with E-state index in [4.69, 9.17) is 9.84 Å². The van der Waals surface area contributed by atoms with Crippen LogP contribution in [0.25, 0.3) is 5.69 Å². The van der Waals surface area contributed by atoms with Crippen molar-refractivity contribution in [2.45, 2.75) is 44.9 Å². The molecule has 2 aliphatic heterocycles. The maximum absolute atomic E-state index is 12.9. The van der Waals surface area contributed by atoms with E-state index in [1.807, 2.05) is 6.07 Å². The molecular weight excluding hydrogens is 390 g/mol. The van der Waals surface area contributed by atoms with Gasteiger partial charge in [0.05, 0.1) is 18.5 Å². The average Bonchev–Trinajstić information content (AvgIpc) is 3.33. The number of carbonyl (C=O) groups is 3. The number of aliphatic hydroxyl groups is 1. The Balaban J connectivity index is 1.49. The van der Waals surface area contributed by atoms with E-state index in [1.165, 1.54) is 4.90 Å². The lowest BCUT2D eigenvalue weighted by Crippen LogP contribution is -2.52. The van der Waals surface area contributed by atoms with Gasteiger partial charge < -0.3 is 14.7 Å². The number of rotatable bonds is 8. The number of aromatic nitrogens is 3. The van der Waals surface area contributed by atoms with Crippen LogP contribution in [0.15, 0.2) is 24.4 Å². The Bertz CT molecular complexity index is 972. The van der Waals surface area contributed by atoms with Crippen molar-refractivity contribution in [3.63, 3.8) is 0 Å². The number of hydrogen-bond donors (Lipinski definition) is 2. The third kappa shape index (κ3) is 3.96. The molecule has 30 heavy (non-hydrogen) atoms. The van der Waals surface area contributed by atoms with Gasteiger partial charge in [-0.05, 0) is 31.4 Å². The molecule has 1 saturated heterocycles. The van der Waals surface area contributed by atoms with E-state index in [9.17, 15) is 14.4 Å². The van der Waals surface area contributed by atoms with Gasteiger partial charge in [-0.3, -0.25) is 19.7 Å². The zero-order valence-electron chi connectivity index (χ0n) is 16.4. The van der Waals surface area contributed by atoms with Crippen LogP contribution in [0.3, 0.4) is 0 Å². The van der Waals surface area contributed by atoms with Crippen molar-refractivity contribution in [1.29, 1.82) is 0 Å². The van der Waals surface area contributed by atoms with Crippen molar-refractivity contribution in [3.05, 3.63) is 41.2 Å². The Kier molecular flexibility index (Phi) is 5.86. The lowest BCUT2D eigenvalue weighted by Gasteiger charge is -2.29. The Labute approximate surface area is 172 Å². The van der Waals surface area contributed by atoms with Gasteiger partial charge in [-0.2, -0.15) is 0 Å². The van der Waals surface area contributed by atoms with Crippen LogP contribution in [0.4, 0.5) is 0 Å². The largest absolute Gasteiger partial charge is 0.396 e. The first-order valence-electron chi connectivity index (χ1n) is 9.95. The second kappa shape index (κ2) is 8.72. The summed E-state index contributed by atoms with van der Waals surface area (Å²) in [4.78, 5) is 38.1. The van der Waals surface area contributed by atoms with Crippen molar-refractivity contribution < 1.29 is 24.2 Å². The minimum Gasteiger partial charge on any atom is -0.396 e. The van der Waals surface area contributed by atoms with Gasteiger partial charge in [-0.1, -0.05) is 11.3 Å². The topological polar surface area (TPSA) is 127 Å². The zero-order chi connectivity index (χ0) is 21.1. The second-order valence-electron chi connectivity index (χ2n) is 7.34. The molecule has 1 unspecified atom stereocenters. The van der Waals surface area contributed by atoms with Gasteiger partial charge in [-0.15, -0.1) is 5.10 Å². The molecule has 158 valence electrons. The molecule has 0 saturated carbocycles. The van der Waals surface area contributed by atoms with Crippen molar-refractivity contribution in [3.8, 4) is 5.69 Å². The molecule has 0 spiro atoms. The van der Waals surface area contributed by atoms with Crippen LogP contribution in [-0.4, -0.2) is 62.0 Å². The maximum atomic E-state index is 12.9. The lowest BCUT2D eigenvalue weighted by atomic mass is 10.0. The number of nitrogens with zero attached hydrogens (tertiary/aromatic N) is 4. The molecule has 1 fully saturated rings. The highest BCUT2D eigenvalue weighted by molar-refractivity contribution is 6.05. The third-order valence-electron chi connectivity index (χ3n) is 5.29. The van der Waals surface area contributed by atoms with Crippen molar-refractivity contribution in [1.82, 2.24) is 25.2 Å². The number of benzene rings is 1. The van der Waals surface area contributed by atoms with Crippen LogP contribution in [0.1, 0.15) is 47.3 Å². The first-order valence-corrected chi connectivity index (χ1v) is 9.95.